The molecule has 0 fully saturated rings. The van der Waals surface area contributed by atoms with E-state index in [1.165, 1.54) is 12.1 Å². The molecule has 0 saturated heterocycles. The van der Waals surface area contributed by atoms with Crippen molar-refractivity contribution in [3.05, 3.63) is 35.6 Å². The Morgan fingerprint density at radius 1 is 1.16 bits per heavy atom. The molecule has 2 nitrogen and oxygen atoms in total. The van der Waals surface area contributed by atoms with Gasteiger partial charge in [-0.3, -0.25) is 4.79 Å². The van der Waals surface area contributed by atoms with Crippen LogP contribution in [-0.4, -0.2) is 23.4 Å². The van der Waals surface area contributed by atoms with E-state index < -0.39 is 0 Å². The number of nitrogens with zero attached hydrogens (tertiary/aromatic N) is 1. The Morgan fingerprint density at radius 2 is 1.68 bits per heavy atom. The lowest BCUT2D eigenvalue weighted by molar-refractivity contribution is 0.0640. The Morgan fingerprint density at radius 3 is 2.11 bits per heavy atom. The largest absolute Gasteiger partial charge is 0.335 e. The first-order valence-electron chi connectivity index (χ1n) is 7.06. The van der Waals surface area contributed by atoms with Crippen molar-refractivity contribution in [1.29, 1.82) is 0 Å². The first kappa shape index (κ1) is 15.7. The van der Waals surface area contributed by atoms with Crippen LogP contribution < -0.4 is 0 Å². The quantitative estimate of drug-likeness (QED) is 0.758. The van der Waals surface area contributed by atoms with Crippen molar-refractivity contribution in [2.24, 2.45) is 5.92 Å². The van der Waals surface area contributed by atoms with Gasteiger partial charge < -0.3 is 4.90 Å². The van der Waals surface area contributed by atoms with E-state index >= 15 is 0 Å². The van der Waals surface area contributed by atoms with Crippen LogP contribution in [0.15, 0.2) is 24.3 Å². The highest BCUT2D eigenvalue weighted by Crippen LogP contribution is 2.16. The predicted molar refractivity (Wildman–Crippen MR) is 76.6 cm³/mol. The van der Waals surface area contributed by atoms with Gasteiger partial charge in [-0.15, -0.1) is 0 Å². The number of carbonyl (C=O) groups excluding carboxylic acids is 1. The Balaban J connectivity index is 2.96. The summed E-state index contributed by atoms with van der Waals surface area (Å²) < 4.78 is 12.9. The minimum atomic E-state index is -0.311. The van der Waals surface area contributed by atoms with Crippen LogP contribution in [0.4, 0.5) is 4.39 Å². The summed E-state index contributed by atoms with van der Waals surface area (Å²) in [4.78, 5) is 14.5. The molecular weight excluding hydrogens is 241 g/mol. The van der Waals surface area contributed by atoms with Gasteiger partial charge in [-0.25, -0.2) is 4.39 Å². The molecule has 1 amide bonds. The maximum absolute atomic E-state index is 12.9. The second-order valence-electron chi connectivity index (χ2n) is 5.33. The van der Waals surface area contributed by atoms with Crippen molar-refractivity contribution in [1.82, 2.24) is 4.90 Å². The molecule has 0 N–H and O–H groups in total. The molecular formula is C16H24FNO. The molecule has 1 aromatic rings. The van der Waals surface area contributed by atoms with Crippen LogP contribution in [-0.2, 0) is 0 Å². The van der Waals surface area contributed by atoms with E-state index in [-0.39, 0.29) is 17.8 Å². The molecule has 0 unspecified atom stereocenters. The van der Waals surface area contributed by atoms with E-state index in [0.717, 1.165) is 19.4 Å². The molecule has 0 heterocycles. The molecule has 0 aliphatic rings. The smallest absolute Gasteiger partial charge is 0.254 e. The Kier molecular flexibility index (Phi) is 6.00. The van der Waals surface area contributed by atoms with Gasteiger partial charge in [0.1, 0.15) is 5.82 Å². The molecule has 0 saturated carbocycles. The second kappa shape index (κ2) is 7.27. The third kappa shape index (κ3) is 4.34. The highest BCUT2D eigenvalue weighted by Gasteiger charge is 2.23. The average Bonchev–Trinajstić information content (AvgIpc) is 2.38. The summed E-state index contributed by atoms with van der Waals surface area (Å²) in [6.45, 7) is 9.14. The third-order valence-electron chi connectivity index (χ3n) is 3.30. The summed E-state index contributed by atoms with van der Waals surface area (Å²) in [5.41, 5.74) is 0.564. The van der Waals surface area contributed by atoms with Gasteiger partial charge in [-0.1, -0.05) is 27.7 Å². The summed E-state index contributed by atoms with van der Waals surface area (Å²) in [5.74, 6) is 0.113. The van der Waals surface area contributed by atoms with Crippen LogP contribution in [0.2, 0.25) is 0 Å². The topological polar surface area (TPSA) is 20.3 Å². The second-order valence-corrected chi connectivity index (χ2v) is 5.33. The zero-order chi connectivity index (χ0) is 14.4. The molecule has 3 heteroatoms. The Bertz CT molecular complexity index is 396. The molecule has 106 valence electrons. The Hall–Kier alpha value is -1.38. The summed E-state index contributed by atoms with van der Waals surface area (Å²) >= 11 is 0. The average molecular weight is 265 g/mol. The Labute approximate surface area is 115 Å². The van der Waals surface area contributed by atoms with Crippen LogP contribution in [0.5, 0.6) is 0 Å². The lowest BCUT2D eigenvalue weighted by Gasteiger charge is -2.32. The fraction of sp³-hybridized carbons (Fsp3) is 0.562. The molecule has 0 aliphatic heterocycles. The van der Waals surface area contributed by atoms with Crippen LogP contribution >= 0.6 is 0 Å². The molecule has 1 rings (SSSR count). The van der Waals surface area contributed by atoms with Crippen molar-refractivity contribution in [2.75, 3.05) is 6.54 Å². The van der Waals surface area contributed by atoms with Crippen molar-refractivity contribution >= 4 is 5.91 Å². The number of halogens is 1. The van der Waals surface area contributed by atoms with Gasteiger partial charge >= 0.3 is 0 Å². The first-order valence-corrected chi connectivity index (χ1v) is 7.06. The van der Waals surface area contributed by atoms with Gasteiger partial charge in [0, 0.05) is 18.2 Å². The van der Waals surface area contributed by atoms with Crippen LogP contribution in [0, 0.1) is 11.7 Å². The summed E-state index contributed by atoms with van der Waals surface area (Å²) in [6.07, 6.45) is 1.88. The highest BCUT2D eigenvalue weighted by molar-refractivity contribution is 5.94. The van der Waals surface area contributed by atoms with E-state index in [0.29, 0.717) is 11.5 Å². The zero-order valence-electron chi connectivity index (χ0n) is 12.3. The summed E-state index contributed by atoms with van der Waals surface area (Å²) in [7, 11) is 0. The lowest BCUT2D eigenvalue weighted by Crippen LogP contribution is -2.42. The lowest BCUT2D eigenvalue weighted by atomic mass is 10.1. The van der Waals surface area contributed by atoms with E-state index in [1.807, 2.05) is 4.90 Å². The molecule has 0 atom stereocenters. The van der Waals surface area contributed by atoms with Crippen LogP contribution in [0.25, 0.3) is 0 Å². The number of amides is 1. The van der Waals surface area contributed by atoms with Gasteiger partial charge in [-0.2, -0.15) is 0 Å². The minimum absolute atomic E-state index is 0.00222. The zero-order valence-corrected chi connectivity index (χ0v) is 12.3. The number of hydrogen-bond donors (Lipinski definition) is 0. The molecule has 1 aromatic carbocycles. The van der Waals surface area contributed by atoms with Gasteiger partial charge in [0.15, 0.2) is 0 Å². The molecule has 0 bridgehead atoms. The van der Waals surface area contributed by atoms with Gasteiger partial charge in [-0.05, 0) is 43.0 Å². The summed E-state index contributed by atoms with van der Waals surface area (Å²) in [6, 6.07) is 6.06. The number of hydrogen-bond acceptors (Lipinski definition) is 1. The summed E-state index contributed by atoms with van der Waals surface area (Å²) in [5, 5.41) is 0. The molecule has 0 radical (unpaired) electrons. The monoisotopic (exact) mass is 265 g/mol. The van der Waals surface area contributed by atoms with Crippen LogP contribution in [0.3, 0.4) is 0 Å². The fourth-order valence-electron chi connectivity index (χ4n) is 2.28. The van der Waals surface area contributed by atoms with Crippen LogP contribution in [0.1, 0.15) is 50.9 Å². The number of carbonyl (C=O) groups is 1. The number of benzene rings is 1. The molecule has 0 aliphatic carbocycles. The first-order chi connectivity index (χ1) is 8.99. The van der Waals surface area contributed by atoms with Crippen molar-refractivity contribution in [2.45, 2.75) is 46.6 Å². The van der Waals surface area contributed by atoms with Crippen molar-refractivity contribution in [3.63, 3.8) is 0 Å². The van der Waals surface area contributed by atoms with Crippen molar-refractivity contribution < 1.29 is 9.18 Å². The molecule has 19 heavy (non-hydrogen) atoms. The third-order valence-corrected chi connectivity index (χ3v) is 3.30. The van der Waals surface area contributed by atoms with Crippen molar-refractivity contribution in [3.8, 4) is 0 Å². The van der Waals surface area contributed by atoms with Gasteiger partial charge in [0.05, 0.1) is 0 Å². The predicted octanol–water partition coefficient (Wildman–Crippen LogP) is 4.11. The molecule has 0 spiro atoms. The van der Waals surface area contributed by atoms with E-state index in [1.54, 1.807) is 12.1 Å². The van der Waals surface area contributed by atoms with E-state index in [2.05, 4.69) is 27.7 Å². The maximum atomic E-state index is 12.9. The molecule has 0 aromatic heterocycles. The fourth-order valence-corrected chi connectivity index (χ4v) is 2.28. The minimum Gasteiger partial charge on any atom is -0.335 e. The standard InChI is InChI=1S/C16H24FNO/c1-5-15(6-2)18(11-12(3)4)16(19)13-7-9-14(17)10-8-13/h7-10,12,15H,5-6,11H2,1-4H3. The van der Waals surface area contributed by atoms with Gasteiger partial charge in [0.25, 0.3) is 5.91 Å². The van der Waals surface area contributed by atoms with E-state index in [9.17, 15) is 9.18 Å². The van der Waals surface area contributed by atoms with E-state index in [4.69, 9.17) is 0 Å². The normalized spacial score (nSPS) is 11.1. The SMILES string of the molecule is CCC(CC)N(CC(C)C)C(=O)c1ccc(F)cc1. The van der Waals surface area contributed by atoms with Gasteiger partial charge in [0.2, 0.25) is 0 Å². The highest BCUT2D eigenvalue weighted by atomic mass is 19.1. The maximum Gasteiger partial charge on any atom is 0.254 e. The number of rotatable bonds is 6.